The fourth-order valence-corrected chi connectivity index (χ4v) is 3.57. The van der Waals surface area contributed by atoms with Gasteiger partial charge in [0.15, 0.2) is 0 Å². The van der Waals surface area contributed by atoms with E-state index >= 15 is 0 Å². The van der Waals surface area contributed by atoms with Gasteiger partial charge in [0.05, 0.1) is 0 Å². The third-order valence-electron chi connectivity index (χ3n) is 2.39. The molecule has 74 valence electrons. The van der Waals surface area contributed by atoms with Crippen LogP contribution in [0.25, 0.3) is 0 Å². The number of unbranched alkanes of at least 4 members (excludes halogenated alkanes) is 2. The minimum absolute atomic E-state index is 0.707. The van der Waals surface area contributed by atoms with Gasteiger partial charge in [0.1, 0.15) is 0 Å². The molecule has 1 heteroatoms. The summed E-state index contributed by atoms with van der Waals surface area (Å²) < 4.78 is 1.78. The first kappa shape index (κ1) is 11.1. The molecule has 13 heavy (non-hydrogen) atoms. The van der Waals surface area contributed by atoms with Crippen LogP contribution < -0.4 is 0 Å². The summed E-state index contributed by atoms with van der Waals surface area (Å²) in [5, 5.41) is 0. The van der Waals surface area contributed by atoms with Crippen LogP contribution in [-0.4, -0.2) is 14.5 Å². The Labute approximate surface area is 88.1 Å². The second-order valence-corrected chi connectivity index (χ2v) is 5.68. The fourth-order valence-electron chi connectivity index (χ4n) is 1.51. The first-order chi connectivity index (χ1) is 6.38. The van der Waals surface area contributed by atoms with Crippen LogP contribution in [0.2, 0.25) is 0 Å². The summed E-state index contributed by atoms with van der Waals surface area (Å²) in [4.78, 5) is 2.39. The van der Waals surface area contributed by atoms with Crippen molar-refractivity contribution in [2.24, 2.45) is 0 Å². The van der Waals surface area contributed by atoms with Crippen molar-refractivity contribution in [3.8, 4) is 0 Å². The van der Waals surface area contributed by atoms with E-state index < -0.39 is 0 Å². The first-order valence-electron chi connectivity index (χ1n) is 5.43. The molecule has 0 N–H and O–H groups in total. The van der Waals surface area contributed by atoms with Gasteiger partial charge < -0.3 is 0 Å². The zero-order chi connectivity index (χ0) is 9.52. The average Bonchev–Trinajstić information content (AvgIpc) is 2.59. The van der Waals surface area contributed by atoms with Crippen molar-refractivity contribution in [2.75, 3.05) is 0 Å². The number of hydrogen-bond donors (Lipinski definition) is 0. The number of aryl methyl sites for hydroxylation is 2. The Morgan fingerprint density at radius 1 is 1.08 bits per heavy atom. The van der Waals surface area contributed by atoms with Gasteiger partial charge in [0.2, 0.25) is 0 Å². The van der Waals surface area contributed by atoms with Gasteiger partial charge >= 0.3 is 87.9 Å². The summed E-state index contributed by atoms with van der Waals surface area (Å²) in [6.45, 7) is 4.55. The molecule has 1 rings (SSSR count). The van der Waals surface area contributed by atoms with Crippen molar-refractivity contribution < 1.29 is 0 Å². The third kappa shape index (κ3) is 3.70. The van der Waals surface area contributed by atoms with Gasteiger partial charge in [-0.1, -0.05) is 0 Å². The van der Waals surface area contributed by atoms with Gasteiger partial charge in [-0.2, -0.15) is 0 Å². The van der Waals surface area contributed by atoms with Crippen LogP contribution in [0.15, 0.2) is 11.0 Å². The van der Waals surface area contributed by atoms with Gasteiger partial charge in [-0.15, -0.1) is 0 Å². The van der Waals surface area contributed by atoms with E-state index in [4.69, 9.17) is 0 Å². The Kier molecular flexibility index (Phi) is 5.50. The summed E-state index contributed by atoms with van der Waals surface area (Å²) in [7, 11) is 0. The molecule has 0 spiro atoms. The monoisotopic (exact) mass is 244 g/mol. The molecule has 0 atom stereocenters. The molecule has 0 saturated heterocycles. The summed E-state index contributed by atoms with van der Waals surface area (Å²) in [6, 6.07) is 2.38. The van der Waals surface area contributed by atoms with Crippen molar-refractivity contribution in [2.45, 2.75) is 52.4 Å². The van der Waals surface area contributed by atoms with Gasteiger partial charge in [0.25, 0.3) is 0 Å². The van der Waals surface area contributed by atoms with Crippen LogP contribution in [0.4, 0.5) is 0 Å². The molecule has 0 aliphatic rings. The molecule has 0 saturated carbocycles. The molecule has 0 nitrogen and oxygen atoms in total. The second kappa shape index (κ2) is 6.45. The predicted octanol–water partition coefficient (Wildman–Crippen LogP) is 3.43. The average molecular weight is 243 g/mol. The summed E-state index contributed by atoms with van der Waals surface area (Å²) >= 11 is 0.707. The molecule has 1 aromatic rings. The van der Waals surface area contributed by atoms with E-state index in [0.717, 1.165) is 0 Å². The van der Waals surface area contributed by atoms with E-state index in [1.807, 2.05) is 0 Å². The molecule has 0 fully saturated rings. The van der Waals surface area contributed by atoms with Crippen LogP contribution in [0.1, 0.15) is 49.5 Å². The Balaban J connectivity index is 2.45. The van der Waals surface area contributed by atoms with Gasteiger partial charge in [-0.3, -0.25) is 0 Å². The predicted molar refractivity (Wildman–Crippen MR) is 60.6 cm³/mol. The Morgan fingerprint density at radius 3 is 2.46 bits per heavy atom. The number of hydrogen-bond acceptors (Lipinski definition) is 0. The molecule has 0 amide bonds. The normalized spacial score (nSPS) is 10.6. The number of rotatable bonds is 6. The summed E-state index contributed by atoms with van der Waals surface area (Å²) in [5.74, 6) is 0. The van der Waals surface area contributed by atoms with E-state index in [2.05, 4.69) is 24.9 Å². The molecule has 0 aliphatic heterocycles. The van der Waals surface area contributed by atoms with E-state index in [1.54, 1.807) is 10.0 Å². The molecular formula is C12H20Se. The first-order valence-corrected chi connectivity index (χ1v) is 7.28. The van der Waals surface area contributed by atoms with Crippen molar-refractivity contribution in [3.63, 3.8) is 0 Å². The topological polar surface area (TPSA) is 0 Å². The van der Waals surface area contributed by atoms with Crippen LogP contribution in [-0.2, 0) is 12.8 Å². The van der Waals surface area contributed by atoms with Crippen molar-refractivity contribution >= 4 is 14.5 Å². The fraction of sp³-hybridized carbons (Fsp3) is 0.667. The molecule has 0 aliphatic carbocycles. The minimum atomic E-state index is 0.707. The van der Waals surface area contributed by atoms with Crippen LogP contribution in [0.5, 0.6) is 0 Å². The maximum atomic E-state index is 2.39. The molecule has 0 bridgehead atoms. The van der Waals surface area contributed by atoms with Crippen molar-refractivity contribution in [1.29, 1.82) is 0 Å². The third-order valence-corrected chi connectivity index (χ3v) is 4.54. The molecule has 1 aromatic heterocycles. The van der Waals surface area contributed by atoms with Gasteiger partial charge in [-0.25, -0.2) is 0 Å². The van der Waals surface area contributed by atoms with Crippen LogP contribution in [0, 0.1) is 0 Å². The summed E-state index contributed by atoms with van der Waals surface area (Å²) in [5.41, 5.74) is 1.68. The van der Waals surface area contributed by atoms with E-state index in [9.17, 15) is 0 Å². The molecule has 0 aromatic carbocycles. The van der Waals surface area contributed by atoms with E-state index in [1.165, 1.54) is 38.5 Å². The van der Waals surface area contributed by atoms with Crippen molar-refractivity contribution in [1.82, 2.24) is 0 Å². The standard InChI is InChI=1S/C12H20Se/c1-3-5-7-11-9-10-13-12(11)8-6-4-2/h9-10H,3-8H2,1-2H3. The Morgan fingerprint density at radius 2 is 1.77 bits per heavy atom. The molecule has 0 unspecified atom stereocenters. The zero-order valence-corrected chi connectivity index (χ0v) is 10.5. The molecule has 1 heterocycles. The van der Waals surface area contributed by atoms with Crippen LogP contribution in [0.3, 0.4) is 0 Å². The van der Waals surface area contributed by atoms with Crippen LogP contribution >= 0.6 is 0 Å². The van der Waals surface area contributed by atoms with E-state index in [0.29, 0.717) is 14.5 Å². The van der Waals surface area contributed by atoms with Gasteiger partial charge in [0, 0.05) is 0 Å². The SMILES string of the molecule is CCCCc1cc[se]c1CCCC. The van der Waals surface area contributed by atoms with Crippen molar-refractivity contribution in [3.05, 3.63) is 21.0 Å². The van der Waals surface area contributed by atoms with Gasteiger partial charge in [-0.05, 0) is 0 Å². The van der Waals surface area contributed by atoms with E-state index in [-0.39, 0.29) is 0 Å². The summed E-state index contributed by atoms with van der Waals surface area (Å²) in [6.07, 6.45) is 8.10. The molecular weight excluding hydrogens is 223 g/mol. The quantitative estimate of drug-likeness (QED) is 0.671. The zero-order valence-electron chi connectivity index (χ0n) is 8.81. The second-order valence-electron chi connectivity index (χ2n) is 3.58. The Bertz CT molecular complexity index is 202. The molecule has 0 radical (unpaired) electrons. The maximum absolute atomic E-state index is 2.39. The Hall–Kier alpha value is -0.000519.